The number of aryl methyl sites for hydroxylation is 2. The van der Waals surface area contributed by atoms with E-state index in [0.29, 0.717) is 22.5 Å². The second-order valence-corrected chi connectivity index (χ2v) is 10.9. The van der Waals surface area contributed by atoms with E-state index in [1.54, 1.807) is 36.7 Å². The van der Waals surface area contributed by atoms with Gasteiger partial charge in [-0.15, -0.1) is 0 Å². The number of aliphatic hydroxyl groups is 8. The smallest absolute Gasteiger partial charge is 0.113 e. The molecule has 0 unspecified atom stereocenters. The van der Waals surface area contributed by atoms with Gasteiger partial charge in [0.25, 0.3) is 0 Å². The van der Waals surface area contributed by atoms with Crippen LogP contribution in [0.4, 0.5) is 0 Å². The molecule has 0 spiro atoms. The van der Waals surface area contributed by atoms with Gasteiger partial charge in [-0.1, -0.05) is 24.3 Å². The number of ether oxygens (including phenoxy) is 2. The summed E-state index contributed by atoms with van der Waals surface area (Å²) in [6.45, 7) is 2.64. The van der Waals surface area contributed by atoms with E-state index in [1.165, 1.54) is 0 Å². The molecule has 3 aromatic rings. The van der Waals surface area contributed by atoms with Crippen molar-refractivity contribution in [3.63, 3.8) is 0 Å². The summed E-state index contributed by atoms with van der Waals surface area (Å²) >= 11 is 0. The van der Waals surface area contributed by atoms with Crippen LogP contribution in [0.25, 0.3) is 22.5 Å². The van der Waals surface area contributed by atoms with E-state index in [0.717, 1.165) is 22.3 Å². The van der Waals surface area contributed by atoms with Gasteiger partial charge in [0.05, 0.1) is 37.0 Å². The molecule has 226 valence electrons. The second-order valence-electron chi connectivity index (χ2n) is 10.9. The van der Waals surface area contributed by atoms with E-state index in [-0.39, 0.29) is 0 Å². The first-order chi connectivity index (χ1) is 20.0. The number of aliphatic hydroxyl groups excluding tert-OH is 8. The summed E-state index contributed by atoms with van der Waals surface area (Å²) in [4.78, 5) is 9.12. The van der Waals surface area contributed by atoms with Crippen LogP contribution in [-0.4, -0.2) is 113 Å². The number of aromatic nitrogens is 2. The molecular weight excluding hydrogens is 548 g/mol. The number of nitrogens with zero attached hydrogens (tertiary/aromatic N) is 2. The minimum absolute atomic E-state index is 0.503. The maximum Gasteiger partial charge on any atom is 0.113 e. The summed E-state index contributed by atoms with van der Waals surface area (Å²) in [6, 6.07) is 10.8. The third kappa shape index (κ3) is 5.58. The van der Waals surface area contributed by atoms with Crippen molar-refractivity contribution >= 4 is 0 Å². The molecule has 12 nitrogen and oxygen atoms in total. The molecule has 3 heterocycles. The van der Waals surface area contributed by atoms with Crippen molar-refractivity contribution in [2.75, 3.05) is 13.2 Å². The lowest BCUT2D eigenvalue weighted by Crippen LogP contribution is -2.55. The molecule has 2 aliphatic heterocycles. The number of hydrogen-bond acceptors (Lipinski definition) is 12. The SMILES string of the molecule is Cc1cc(-c2cnc(-c3ccc([C@H]4O[C@H](CO)[C@@H](O)[C@H](O)[C@@H]4O)c(C)c3)cn2)ccc1[C@H]1O[C@H](CO)[C@@H](O)[C@H](O)[C@@H]1O. The fraction of sp³-hybridized carbons (Fsp3) is 0.467. The number of hydrogen-bond donors (Lipinski definition) is 8. The van der Waals surface area contributed by atoms with Gasteiger partial charge in [-0.25, -0.2) is 0 Å². The molecule has 2 saturated heterocycles. The van der Waals surface area contributed by atoms with Crippen LogP contribution in [0.5, 0.6) is 0 Å². The monoisotopic (exact) mass is 584 g/mol. The lowest BCUT2D eigenvalue weighted by molar-refractivity contribution is -0.231. The van der Waals surface area contributed by atoms with Crippen LogP contribution >= 0.6 is 0 Å². The summed E-state index contributed by atoms with van der Waals surface area (Å²) in [6.07, 6.45) is -9.15. The molecule has 10 atom stereocenters. The molecule has 42 heavy (non-hydrogen) atoms. The normalized spacial score (nSPS) is 33.5. The molecule has 0 bridgehead atoms. The van der Waals surface area contributed by atoms with Crippen molar-refractivity contribution in [1.82, 2.24) is 9.97 Å². The van der Waals surface area contributed by atoms with Crippen LogP contribution < -0.4 is 0 Å². The molecule has 8 N–H and O–H groups in total. The van der Waals surface area contributed by atoms with Crippen LogP contribution in [0, 0.1) is 13.8 Å². The van der Waals surface area contributed by atoms with Gasteiger partial charge in [-0.3, -0.25) is 9.97 Å². The first kappa shape index (κ1) is 30.6. The topological polar surface area (TPSA) is 206 Å². The van der Waals surface area contributed by atoms with Crippen LogP contribution in [0.3, 0.4) is 0 Å². The highest BCUT2D eigenvalue weighted by atomic mass is 16.6. The molecule has 5 rings (SSSR count). The summed E-state index contributed by atoms with van der Waals surface area (Å²) in [7, 11) is 0. The van der Waals surface area contributed by atoms with Gasteiger partial charge in [0.2, 0.25) is 0 Å². The maximum absolute atomic E-state index is 10.5. The molecular formula is C30H36N2O10. The maximum atomic E-state index is 10.5. The van der Waals surface area contributed by atoms with Crippen molar-refractivity contribution in [1.29, 1.82) is 0 Å². The predicted octanol–water partition coefficient (Wildman–Crippen LogP) is -0.543. The average Bonchev–Trinajstić information content (AvgIpc) is 3.00. The van der Waals surface area contributed by atoms with Crippen LogP contribution in [0.15, 0.2) is 48.8 Å². The van der Waals surface area contributed by atoms with E-state index < -0.39 is 74.3 Å². The molecule has 0 aliphatic carbocycles. The minimum atomic E-state index is -1.46. The Bertz CT molecular complexity index is 1280. The van der Waals surface area contributed by atoms with Crippen molar-refractivity contribution in [3.05, 3.63) is 71.0 Å². The molecule has 2 aromatic carbocycles. The molecule has 12 heteroatoms. The van der Waals surface area contributed by atoms with E-state index in [1.807, 2.05) is 26.0 Å². The fourth-order valence-electron chi connectivity index (χ4n) is 5.65. The van der Waals surface area contributed by atoms with Gasteiger partial charge >= 0.3 is 0 Å². The third-order valence-corrected chi connectivity index (χ3v) is 8.18. The van der Waals surface area contributed by atoms with Crippen LogP contribution in [0.1, 0.15) is 34.5 Å². The molecule has 2 aliphatic rings. The Morgan fingerprint density at radius 3 is 1.26 bits per heavy atom. The van der Waals surface area contributed by atoms with Gasteiger partial charge in [-0.2, -0.15) is 0 Å². The summed E-state index contributed by atoms with van der Waals surface area (Å²) < 4.78 is 11.4. The number of rotatable bonds is 6. The first-order valence-electron chi connectivity index (χ1n) is 13.7. The zero-order valence-corrected chi connectivity index (χ0v) is 23.1. The highest BCUT2D eigenvalue weighted by Gasteiger charge is 2.45. The quantitative estimate of drug-likeness (QED) is 0.184. The highest BCUT2D eigenvalue weighted by Crippen LogP contribution is 2.37. The Balaban J connectivity index is 1.34. The standard InChI is InChI=1S/C30H36N2O10/c1-13-7-15(3-5-17(13)29-27(39)25(37)23(35)21(11-33)41-29)19-9-32-20(10-31-19)16-4-6-18(14(2)8-16)30-28(40)26(38)24(36)22(12-34)42-30/h3-10,21-30,33-40H,11-12H2,1-2H3/t21-,22-,23-,24-,25+,26+,27+,28+,29-,30-/m1/s1. The zero-order chi connectivity index (χ0) is 30.3. The lowest BCUT2D eigenvalue weighted by atomic mass is 9.88. The summed E-state index contributed by atoms with van der Waals surface area (Å²) in [5, 5.41) is 80.5. The van der Waals surface area contributed by atoms with Crippen molar-refractivity contribution in [2.45, 2.75) is 74.9 Å². The minimum Gasteiger partial charge on any atom is -0.394 e. The molecule has 2 fully saturated rings. The number of benzene rings is 2. The molecule has 0 radical (unpaired) electrons. The molecule has 1 aromatic heterocycles. The van der Waals surface area contributed by atoms with E-state index in [4.69, 9.17) is 9.47 Å². The molecule has 0 saturated carbocycles. The Morgan fingerprint density at radius 1 is 0.571 bits per heavy atom. The van der Waals surface area contributed by atoms with Crippen molar-refractivity contribution in [2.24, 2.45) is 0 Å². The third-order valence-electron chi connectivity index (χ3n) is 8.18. The fourth-order valence-corrected chi connectivity index (χ4v) is 5.65. The van der Waals surface area contributed by atoms with Gasteiger partial charge < -0.3 is 50.3 Å². The largest absolute Gasteiger partial charge is 0.394 e. The van der Waals surface area contributed by atoms with Crippen molar-refractivity contribution in [3.8, 4) is 22.5 Å². The average molecular weight is 585 g/mol. The van der Waals surface area contributed by atoms with Gasteiger partial charge in [0.15, 0.2) is 0 Å². The Labute approximate surface area is 242 Å². The van der Waals surface area contributed by atoms with Crippen molar-refractivity contribution < 1.29 is 50.3 Å². The Hall–Kier alpha value is -2.88. The Kier molecular flexibility index (Phi) is 9.02. The van der Waals surface area contributed by atoms with Crippen LogP contribution in [-0.2, 0) is 9.47 Å². The summed E-state index contributed by atoms with van der Waals surface area (Å²) in [5.74, 6) is 0. The highest BCUT2D eigenvalue weighted by molar-refractivity contribution is 5.65. The first-order valence-corrected chi connectivity index (χ1v) is 13.7. The zero-order valence-electron chi connectivity index (χ0n) is 23.1. The van der Waals surface area contributed by atoms with Gasteiger partial charge in [0, 0.05) is 11.1 Å². The molecule has 0 amide bonds. The van der Waals surface area contributed by atoms with Gasteiger partial charge in [-0.05, 0) is 48.2 Å². The van der Waals surface area contributed by atoms with Crippen LogP contribution in [0.2, 0.25) is 0 Å². The summed E-state index contributed by atoms with van der Waals surface area (Å²) in [5.41, 5.74) is 5.42. The Morgan fingerprint density at radius 2 is 0.952 bits per heavy atom. The van der Waals surface area contributed by atoms with Gasteiger partial charge in [0.1, 0.15) is 61.0 Å². The van der Waals surface area contributed by atoms with E-state index in [9.17, 15) is 40.9 Å². The lowest BCUT2D eigenvalue weighted by Gasteiger charge is -2.40. The second kappa shape index (κ2) is 12.4. The van der Waals surface area contributed by atoms with E-state index in [2.05, 4.69) is 9.97 Å². The predicted molar refractivity (Wildman–Crippen MR) is 148 cm³/mol. The van der Waals surface area contributed by atoms with E-state index >= 15 is 0 Å².